The van der Waals surface area contributed by atoms with Gasteiger partial charge in [0.05, 0.1) is 10.6 Å². The highest BCUT2D eigenvalue weighted by atomic mass is 79.9. The van der Waals surface area contributed by atoms with Crippen LogP contribution in [-0.2, 0) is 0 Å². The summed E-state index contributed by atoms with van der Waals surface area (Å²) in [4.78, 5) is 8.19. The van der Waals surface area contributed by atoms with Crippen LogP contribution in [0.4, 0.5) is 0 Å². The fourth-order valence-corrected chi connectivity index (χ4v) is 2.62. The van der Waals surface area contributed by atoms with Gasteiger partial charge in [0.25, 0.3) is 0 Å². The first-order valence-corrected chi connectivity index (χ1v) is 5.59. The Bertz CT molecular complexity index is 506. The summed E-state index contributed by atoms with van der Waals surface area (Å²) in [7, 11) is 0. The van der Waals surface area contributed by atoms with Gasteiger partial charge in [0.1, 0.15) is 11.9 Å². The third-order valence-corrected chi connectivity index (χ3v) is 3.45. The Labute approximate surface area is 93.5 Å². The Morgan fingerprint density at radius 1 is 1.64 bits per heavy atom. The van der Waals surface area contributed by atoms with Crippen LogP contribution in [0.3, 0.4) is 0 Å². The Morgan fingerprint density at radius 2 is 2.43 bits per heavy atom. The molecule has 0 fully saturated rings. The van der Waals surface area contributed by atoms with E-state index in [-0.39, 0.29) is 0 Å². The Morgan fingerprint density at radius 3 is 3.00 bits per heavy atom. The summed E-state index contributed by atoms with van der Waals surface area (Å²) < 4.78 is 1.02. The molecule has 0 spiro atoms. The van der Waals surface area contributed by atoms with Crippen molar-refractivity contribution in [2.75, 3.05) is 0 Å². The normalized spacial score (nSPS) is 10.1. The van der Waals surface area contributed by atoms with Crippen LogP contribution in [0.25, 0.3) is 10.6 Å². The number of hydrogen-bond acceptors (Lipinski definition) is 3. The Kier molecular flexibility index (Phi) is 2.40. The zero-order valence-corrected chi connectivity index (χ0v) is 9.74. The van der Waals surface area contributed by atoms with Gasteiger partial charge in [-0.05, 0) is 28.9 Å². The summed E-state index contributed by atoms with van der Waals surface area (Å²) in [6.07, 6.45) is 0. The van der Waals surface area contributed by atoms with Gasteiger partial charge in [-0.1, -0.05) is 0 Å². The van der Waals surface area contributed by atoms with Crippen molar-refractivity contribution in [3.05, 3.63) is 27.4 Å². The lowest BCUT2D eigenvalue weighted by molar-refractivity contribution is 1.14. The van der Waals surface area contributed by atoms with Crippen molar-refractivity contribution in [3.63, 3.8) is 0 Å². The van der Waals surface area contributed by atoms with Gasteiger partial charge in [0.15, 0.2) is 5.69 Å². The van der Waals surface area contributed by atoms with E-state index in [4.69, 9.17) is 5.26 Å². The van der Waals surface area contributed by atoms with Crippen molar-refractivity contribution in [1.82, 2.24) is 9.97 Å². The summed E-state index contributed by atoms with van der Waals surface area (Å²) in [6.45, 7) is 1.84. The summed E-state index contributed by atoms with van der Waals surface area (Å²) in [5.74, 6) is 0.765. The van der Waals surface area contributed by atoms with Crippen molar-refractivity contribution < 1.29 is 0 Å². The van der Waals surface area contributed by atoms with Gasteiger partial charge in [-0.2, -0.15) is 5.26 Å². The van der Waals surface area contributed by atoms with E-state index >= 15 is 0 Å². The molecule has 70 valence electrons. The molecule has 3 nitrogen and oxygen atoms in total. The lowest BCUT2D eigenvalue weighted by atomic mass is 10.3. The minimum Gasteiger partial charge on any atom is -0.340 e. The average Bonchev–Trinajstić information content (AvgIpc) is 2.71. The number of aryl methyl sites for hydroxylation is 1. The van der Waals surface area contributed by atoms with Crippen molar-refractivity contribution in [2.24, 2.45) is 0 Å². The minimum atomic E-state index is 0.455. The maximum atomic E-state index is 8.86. The average molecular weight is 268 g/mol. The molecule has 2 aromatic heterocycles. The molecule has 0 unspecified atom stereocenters. The van der Waals surface area contributed by atoms with E-state index in [1.165, 1.54) is 0 Å². The number of imidazole rings is 1. The van der Waals surface area contributed by atoms with Crippen LogP contribution in [0.5, 0.6) is 0 Å². The Balaban J connectivity index is 2.56. The van der Waals surface area contributed by atoms with Gasteiger partial charge in [0, 0.05) is 9.85 Å². The topological polar surface area (TPSA) is 52.5 Å². The molecule has 0 saturated heterocycles. The second-order valence-electron chi connectivity index (χ2n) is 2.79. The van der Waals surface area contributed by atoms with E-state index < -0.39 is 0 Å². The quantitative estimate of drug-likeness (QED) is 0.864. The van der Waals surface area contributed by atoms with E-state index in [1.54, 1.807) is 11.3 Å². The minimum absolute atomic E-state index is 0.455. The summed E-state index contributed by atoms with van der Waals surface area (Å²) in [5.41, 5.74) is 1.26. The van der Waals surface area contributed by atoms with Crippen molar-refractivity contribution in [2.45, 2.75) is 6.92 Å². The monoisotopic (exact) mass is 267 g/mol. The smallest absolute Gasteiger partial charge is 0.167 e. The summed E-state index contributed by atoms with van der Waals surface area (Å²) in [5, 5.41) is 10.8. The molecule has 0 aliphatic heterocycles. The fourth-order valence-electron chi connectivity index (χ4n) is 1.20. The second kappa shape index (κ2) is 3.56. The zero-order valence-electron chi connectivity index (χ0n) is 7.34. The van der Waals surface area contributed by atoms with Crippen LogP contribution in [0.15, 0.2) is 15.9 Å². The number of halogens is 1. The number of aromatic nitrogens is 2. The SMILES string of the molecule is Cc1nc(C#N)c(-c2cc(Br)cs2)[nH]1. The first kappa shape index (κ1) is 9.44. The lowest BCUT2D eigenvalue weighted by Crippen LogP contribution is -1.77. The highest BCUT2D eigenvalue weighted by molar-refractivity contribution is 9.10. The van der Waals surface area contributed by atoms with E-state index in [0.717, 1.165) is 20.9 Å². The van der Waals surface area contributed by atoms with Crippen LogP contribution in [-0.4, -0.2) is 9.97 Å². The van der Waals surface area contributed by atoms with E-state index in [2.05, 4.69) is 32.0 Å². The molecule has 0 amide bonds. The molecular formula is C9H6BrN3S. The molecule has 1 N–H and O–H groups in total. The first-order chi connectivity index (χ1) is 6.70. The van der Waals surface area contributed by atoms with Crippen LogP contribution in [0.1, 0.15) is 11.5 Å². The summed E-state index contributed by atoms with van der Waals surface area (Å²) in [6, 6.07) is 4.04. The molecule has 0 atom stereocenters. The van der Waals surface area contributed by atoms with Crippen molar-refractivity contribution >= 4 is 27.3 Å². The third kappa shape index (κ3) is 1.59. The van der Waals surface area contributed by atoms with E-state index in [9.17, 15) is 0 Å². The molecule has 14 heavy (non-hydrogen) atoms. The lowest BCUT2D eigenvalue weighted by Gasteiger charge is -1.89. The largest absolute Gasteiger partial charge is 0.340 e. The molecule has 0 aromatic carbocycles. The maximum absolute atomic E-state index is 8.86. The van der Waals surface area contributed by atoms with Crippen LogP contribution < -0.4 is 0 Å². The summed E-state index contributed by atoms with van der Waals surface area (Å²) >= 11 is 4.95. The van der Waals surface area contributed by atoms with E-state index in [0.29, 0.717) is 5.69 Å². The first-order valence-electron chi connectivity index (χ1n) is 3.92. The van der Waals surface area contributed by atoms with Crippen molar-refractivity contribution in [3.8, 4) is 16.6 Å². The predicted molar refractivity (Wildman–Crippen MR) is 59.1 cm³/mol. The number of nitriles is 1. The molecule has 0 saturated carbocycles. The van der Waals surface area contributed by atoms with Gasteiger partial charge in [-0.25, -0.2) is 4.98 Å². The number of nitrogens with one attached hydrogen (secondary N) is 1. The van der Waals surface area contributed by atoms with Gasteiger partial charge >= 0.3 is 0 Å². The van der Waals surface area contributed by atoms with Gasteiger partial charge in [-0.15, -0.1) is 11.3 Å². The van der Waals surface area contributed by atoms with E-state index in [1.807, 2.05) is 18.4 Å². The molecule has 0 radical (unpaired) electrons. The van der Waals surface area contributed by atoms with Crippen LogP contribution >= 0.6 is 27.3 Å². The number of nitrogens with zero attached hydrogens (tertiary/aromatic N) is 2. The number of thiophene rings is 1. The number of H-pyrrole nitrogens is 1. The standard InChI is InChI=1S/C9H6BrN3S/c1-5-12-7(3-11)9(13-5)8-2-6(10)4-14-8/h2,4H,1H3,(H,12,13). The van der Waals surface area contributed by atoms with Gasteiger partial charge in [-0.3, -0.25) is 0 Å². The van der Waals surface area contributed by atoms with Crippen molar-refractivity contribution in [1.29, 1.82) is 5.26 Å². The van der Waals surface area contributed by atoms with Crippen LogP contribution in [0.2, 0.25) is 0 Å². The molecule has 0 bridgehead atoms. The highest BCUT2D eigenvalue weighted by Gasteiger charge is 2.11. The highest BCUT2D eigenvalue weighted by Crippen LogP contribution is 2.30. The molecule has 0 aliphatic rings. The third-order valence-electron chi connectivity index (χ3n) is 1.74. The fraction of sp³-hybridized carbons (Fsp3) is 0.111. The molecule has 2 heterocycles. The predicted octanol–water partition coefficient (Wildman–Crippen LogP) is 3.08. The molecule has 2 aromatic rings. The zero-order chi connectivity index (χ0) is 10.1. The maximum Gasteiger partial charge on any atom is 0.167 e. The Hall–Kier alpha value is -1.12. The molecular weight excluding hydrogens is 262 g/mol. The number of hydrogen-bond donors (Lipinski definition) is 1. The van der Waals surface area contributed by atoms with Gasteiger partial charge < -0.3 is 4.98 Å². The number of aromatic amines is 1. The van der Waals surface area contributed by atoms with Crippen LogP contribution in [0, 0.1) is 18.3 Å². The number of rotatable bonds is 1. The molecule has 0 aliphatic carbocycles. The second-order valence-corrected chi connectivity index (χ2v) is 4.61. The molecule has 5 heteroatoms. The molecule has 2 rings (SSSR count). The van der Waals surface area contributed by atoms with Gasteiger partial charge in [0.2, 0.25) is 0 Å².